The zero-order valence-electron chi connectivity index (χ0n) is 11.1. The highest BCUT2D eigenvalue weighted by molar-refractivity contribution is 6.18. The second-order valence-corrected chi connectivity index (χ2v) is 5.40. The molecule has 4 heteroatoms. The Hall–Kier alpha value is -0.280. The zero-order chi connectivity index (χ0) is 12.9. The summed E-state index contributed by atoms with van der Waals surface area (Å²) < 4.78 is 5.41. The van der Waals surface area contributed by atoms with Crippen LogP contribution in [0.4, 0.5) is 0 Å². The van der Waals surface area contributed by atoms with E-state index in [9.17, 15) is 4.79 Å². The topological polar surface area (TPSA) is 38.3 Å². The van der Waals surface area contributed by atoms with Crippen LogP contribution in [0.15, 0.2) is 0 Å². The molecule has 1 amide bonds. The Morgan fingerprint density at radius 1 is 1.47 bits per heavy atom. The predicted octanol–water partition coefficient (Wildman–Crippen LogP) is 2.57. The Bertz CT molecular complexity index is 246. The second-order valence-electron chi connectivity index (χ2n) is 5.14. The van der Waals surface area contributed by atoms with Crippen molar-refractivity contribution in [1.29, 1.82) is 0 Å². The van der Waals surface area contributed by atoms with Gasteiger partial charge in [0, 0.05) is 17.8 Å². The van der Waals surface area contributed by atoms with Crippen molar-refractivity contribution in [3.8, 4) is 0 Å². The predicted molar refractivity (Wildman–Crippen MR) is 70.3 cm³/mol. The number of hydrogen-bond acceptors (Lipinski definition) is 2. The quantitative estimate of drug-likeness (QED) is 0.747. The van der Waals surface area contributed by atoms with Gasteiger partial charge in [-0.1, -0.05) is 13.8 Å². The lowest BCUT2D eigenvalue weighted by Crippen LogP contribution is -2.41. The van der Waals surface area contributed by atoms with Crippen LogP contribution in [0.2, 0.25) is 0 Å². The van der Waals surface area contributed by atoms with Crippen molar-refractivity contribution in [2.24, 2.45) is 11.3 Å². The molecule has 0 spiro atoms. The van der Waals surface area contributed by atoms with Crippen molar-refractivity contribution < 1.29 is 9.53 Å². The highest BCUT2D eigenvalue weighted by Gasteiger charge is 2.31. The molecular formula is C13H24ClNO2. The molecule has 100 valence electrons. The van der Waals surface area contributed by atoms with Gasteiger partial charge in [0.15, 0.2) is 0 Å². The maximum atomic E-state index is 12.0. The van der Waals surface area contributed by atoms with Gasteiger partial charge in [0.2, 0.25) is 5.91 Å². The summed E-state index contributed by atoms with van der Waals surface area (Å²) >= 11 is 6.01. The molecule has 1 N–H and O–H groups in total. The smallest absolute Gasteiger partial charge is 0.225 e. The lowest BCUT2D eigenvalue weighted by atomic mass is 9.84. The third-order valence-corrected chi connectivity index (χ3v) is 4.56. The normalized spacial score (nSPS) is 24.9. The molecule has 1 aliphatic rings. The Labute approximate surface area is 109 Å². The lowest BCUT2D eigenvalue weighted by Gasteiger charge is -2.29. The van der Waals surface area contributed by atoms with E-state index in [-0.39, 0.29) is 23.3 Å². The number of alkyl halides is 1. The molecule has 17 heavy (non-hydrogen) atoms. The van der Waals surface area contributed by atoms with Crippen LogP contribution in [0.3, 0.4) is 0 Å². The first-order chi connectivity index (χ1) is 8.06. The van der Waals surface area contributed by atoms with Crippen molar-refractivity contribution in [2.45, 2.75) is 46.1 Å². The van der Waals surface area contributed by atoms with Crippen LogP contribution >= 0.6 is 11.6 Å². The van der Waals surface area contributed by atoms with Crippen LogP contribution < -0.4 is 5.32 Å². The number of halogens is 1. The van der Waals surface area contributed by atoms with E-state index in [4.69, 9.17) is 16.3 Å². The van der Waals surface area contributed by atoms with Gasteiger partial charge in [0.25, 0.3) is 0 Å². The van der Waals surface area contributed by atoms with Crippen LogP contribution in [0.1, 0.15) is 40.0 Å². The molecule has 0 bridgehead atoms. The zero-order valence-corrected chi connectivity index (χ0v) is 11.8. The molecule has 0 aromatic rings. The number of rotatable bonds is 6. The second kappa shape index (κ2) is 6.60. The summed E-state index contributed by atoms with van der Waals surface area (Å²) in [5, 5.41) is 3.04. The number of hydrogen-bond donors (Lipinski definition) is 1. The van der Waals surface area contributed by atoms with E-state index in [1.807, 2.05) is 6.92 Å². The van der Waals surface area contributed by atoms with E-state index in [0.29, 0.717) is 19.0 Å². The number of amides is 1. The molecular weight excluding hydrogens is 238 g/mol. The third kappa shape index (κ3) is 3.85. The molecule has 3 nitrogen and oxygen atoms in total. The number of carbonyl (C=O) groups excluding carboxylic acids is 1. The van der Waals surface area contributed by atoms with E-state index < -0.39 is 0 Å². The van der Waals surface area contributed by atoms with Gasteiger partial charge in [-0.05, 0) is 26.2 Å². The number of ether oxygens (including phenoxy) is 1. The minimum absolute atomic E-state index is 0.0201. The number of carbonyl (C=O) groups is 1. The fourth-order valence-corrected chi connectivity index (χ4v) is 2.63. The summed E-state index contributed by atoms with van der Waals surface area (Å²) in [6.07, 6.45) is 3.02. The molecule has 2 unspecified atom stereocenters. The fourth-order valence-electron chi connectivity index (χ4n) is 2.16. The summed E-state index contributed by atoms with van der Waals surface area (Å²) in [6, 6.07) is 0. The highest BCUT2D eigenvalue weighted by atomic mass is 35.5. The molecule has 0 saturated carbocycles. The van der Waals surface area contributed by atoms with Crippen LogP contribution in [0, 0.1) is 11.3 Å². The van der Waals surface area contributed by atoms with Crippen LogP contribution in [-0.4, -0.2) is 31.0 Å². The fraction of sp³-hybridized carbons (Fsp3) is 0.923. The van der Waals surface area contributed by atoms with E-state index in [0.717, 1.165) is 19.3 Å². The molecule has 1 aliphatic heterocycles. The average Bonchev–Trinajstić information content (AvgIpc) is 2.78. The molecule has 1 saturated heterocycles. The van der Waals surface area contributed by atoms with Gasteiger partial charge in [-0.25, -0.2) is 0 Å². The first-order valence-corrected chi connectivity index (χ1v) is 7.05. The monoisotopic (exact) mass is 261 g/mol. The Morgan fingerprint density at radius 2 is 2.12 bits per heavy atom. The molecule has 1 fully saturated rings. The van der Waals surface area contributed by atoms with Crippen molar-refractivity contribution in [1.82, 2.24) is 5.32 Å². The van der Waals surface area contributed by atoms with Gasteiger partial charge in [-0.3, -0.25) is 4.79 Å². The van der Waals surface area contributed by atoms with Crippen LogP contribution in [-0.2, 0) is 9.53 Å². The SMILES string of the molecule is CCC(CC)(CCl)CNC(=O)C1COC(C)C1. The summed E-state index contributed by atoms with van der Waals surface area (Å²) in [5.74, 6) is 0.732. The minimum atomic E-state index is 0.0201. The summed E-state index contributed by atoms with van der Waals surface area (Å²) in [6.45, 7) is 7.48. The number of nitrogens with one attached hydrogen (secondary N) is 1. The van der Waals surface area contributed by atoms with E-state index in [1.165, 1.54) is 0 Å². The third-order valence-electron chi connectivity index (χ3n) is 3.99. The lowest BCUT2D eigenvalue weighted by molar-refractivity contribution is -0.125. The Kier molecular flexibility index (Phi) is 5.74. The van der Waals surface area contributed by atoms with E-state index in [1.54, 1.807) is 0 Å². The van der Waals surface area contributed by atoms with Crippen molar-refractivity contribution in [2.75, 3.05) is 19.0 Å². The van der Waals surface area contributed by atoms with Crippen molar-refractivity contribution >= 4 is 17.5 Å². The molecule has 1 heterocycles. The van der Waals surface area contributed by atoms with Gasteiger partial charge in [0.1, 0.15) is 0 Å². The van der Waals surface area contributed by atoms with Gasteiger partial charge in [-0.15, -0.1) is 11.6 Å². The maximum absolute atomic E-state index is 12.0. The Balaban J connectivity index is 2.41. The van der Waals surface area contributed by atoms with E-state index in [2.05, 4.69) is 19.2 Å². The van der Waals surface area contributed by atoms with Gasteiger partial charge < -0.3 is 10.1 Å². The van der Waals surface area contributed by atoms with Gasteiger partial charge in [-0.2, -0.15) is 0 Å². The molecule has 0 radical (unpaired) electrons. The molecule has 0 aromatic carbocycles. The minimum Gasteiger partial charge on any atom is -0.378 e. The maximum Gasteiger partial charge on any atom is 0.225 e. The van der Waals surface area contributed by atoms with Crippen LogP contribution in [0.5, 0.6) is 0 Å². The van der Waals surface area contributed by atoms with Crippen LogP contribution in [0.25, 0.3) is 0 Å². The van der Waals surface area contributed by atoms with Crippen molar-refractivity contribution in [3.63, 3.8) is 0 Å². The average molecular weight is 262 g/mol. The summed E-state index contributed by atoms with van der Waals surface area (Å²) in [7, 11) is 0. The first-order valence-electron chi connectivity index (χ1n) is 6.52. The van der Waals surface area contributed by atoms with E-state index >= 15 is 0 Å². The standard InChI is InChI=1S/C13H24ClNO2/c1-4-13(5-2,8-14)9-15-12(16)11-6-10(3)17-7-11/h10-11H,4-9H2,1-3H3,(H,15,16). The highest BCUT2D eigenvalue weighted by Crippen LogP contribution is 2.27. The largest absolute Gasteiger partial charge is 0.378 e. The first kappa shape index (κ1) is 14.8. The molecule has 0 aromatic heterocycles. The molecule has 0 aliphatic carbocycles. The Morgan fingerprint density at radius 3 is 2.53 bits per heavy atom. The summed E-state index contributed by atoms with van der Waals surface area (Å²) in [5.41, 5.74) is 0.0439. The summed E-state index contributed by atoms with van der Waals surface area (Å²) in [4.78, 5) is 12.0. The molecule has 2 atom stereocenters. The van der Waals surface area contributed by atoms with Gasteiger partial charge in [0.05, 0.1) is 18.6 Å². The van der Waals surface area contributed by atoms with Gasteiger partial charge >= 0.3 is 0 Å². The van der Waals surface area contributed by atoms with Crippen molar-refractivity contribution in [3.05, 3.63) is 0 Å². The molecule has 1 rings (SSSR count).